The number of rotatable bonds is 3. The molecule has 0 aromatic heterocycles. The summed E-state index contributed by atoms with van der Waals surface area (Å²) in [4.78, 5) is 3.89. The summed E-state index contributed by atoms with van der Waals surface area (Å²) in [5, 5.41) is 0. The number of aliphatic imine (C=N–C) groups is 1. The lowest BCUT2D eigenvalue weighted by Gasteiger charge is -2.01. The quantitative estimate of drug-likeness (QED) is 0.605. The van der Waals surface area contributed by atoms with E-state index < -0.39 is 9.05 Å². The molecule has 0 bridgehead atoms. The third kappa shape index (κ3) is 2.66. The fourth-order valence-corrected chi connectivity index (χ4v) is 1.46. The Bertz CT molecular complexity index is 251. The first-order valence-corrected chi connectivity index (χ1v) is 5.38. The van der Waals surface area contributed by atoms with E-state index in [9.17, 15) is 8.42 Å². The number of halogens is 1. The minimum Gasteiger partial charge on any atom is -0.283 e. The van der Waals surface area contributed by atoms with Crippen LogP contribution < -0.4 is 0 Å². The molecule has 1 aliphatic rings. The summed E-state index contributed by atoms with van der Waals surface area (Å²) in [5.74, 6) is 0.00502. The molecule has 0 N–H and O–H groups in total. The van der Waals surface area contributed by atoms with Gasteiger partial charge in [0.1, 0.15) is 0 Å². The molecular weight excluding hydrogens is 174 g/mol. The fraction of sp³-hybridized carbons (Fsp3) is 0.800. The lowest BCUT2D eigenvalue weighted by molar-refractivity contribution is 0.599. The Labute approximate surface area is 64.5 Å². The van der Waals surface area contributed by atoms with Gasteiger partial charge in [0.05, 0.1) is 11.3 Å². The molecule has 1 atom stereocenters. The van der Waals surface area contributed by atoms with Crippen LogP contribution in [0.3, 0.4) is 0 Å². The number of hydrogen-bond acceptors (Lipinski definition) is 3. The molecule has 1 heterocycles. The van der Waals surface area contributed by atoms with Gasteiger partial charge >= 0.3 is 0 Å². The summed E-state index contributed by atoms with van der Waals surface area (Å²) in [6.45, 7) is 1.87. The van der Waals surface area contributed by atoms with E-state index in [-0.39, 0.29) is 11.3 Å². The Kier molecular flexibility index (Phi) is 1.76. The minimum absolute atomic E-state index is 0.00502. The van der Waals surface area contributed by atoms with Crippen molar-refractivity contribution < 1.29 is 8.42 Å². The molecule has 0 radical (unpaired) electrons. The molecule has 3 nitrogen and oxygen atoms in total. The van der Waals surface area contributed by atoms with E-state index in [0.717, 1.165) is 0 Å². The second-order valence-corrected chi connectivity index (χ2v) is 5.50. The van der Waals surface area contributed by atoms with Crippen LogP contribution in [0.2, 0.25) is 0 Å². The monoisotopic (exact) mass is 181 g/mol. The first-order valence-electron chi connectivity index (χ1n) is 2.90. The van der Waals surface area contributed by atoms with Gasteiger partial charge in [0.15, 0.2) is 0 Å². The Morgan fingerprint density at radius 1 is 1.70 bits per heavy atom. The largest absolute Gasteiger partial charge is 0.283 e. The third-order valence-corrected chi connectivity index (χ3v) is 2.58. The van der Waals surface area contributed by atoms with Gasteiger partial charge in [-0.1, -0.05) is 0 Å². The first-order chi connectivity index (χ1) is 4.41. The highest BCUT2D eigenvalue weighted by Gasteiger charge is 2.31. The minimum atomic E-state index is -3.33. The molecule has 0 fully saturated rings. The van der Waals surface area contributed by atoms with Gasteiger partial charge in [-0.25, -0.2) is 8.42 Å². The molecule has 0 amide bonds. The maximum atomic E-state index is 10.4. The topological polar surface area (TPSA) is 46.5 Å². The van der Waals surface area contributed by atoms with Crippen LogP contribution in [-0.2, 0) is 9.05 Å². The SMILES string of the molecule is CC1(CCS(=O)(=O)Cl)C=N1. The number of nitrogens with zero attached hydrogens (tertiary/aromatic N) is 1. The fourth-order valence-electron chi connectivity index (χ4n) is 0.568. The van der Waals surface area contributed by atoms with E-state index in [1.165, 1.54) is 0 Å². The standard InChI is InChI=1S/C5H8ClNO2S/c1-5(4-7-5)2-3-10(6,8)9/h4H,2-3H2,1H3. The molecule has 0 aliphatic carbocycles. The predicted molar refractivity (Wildman–Crippen MR) is 41.2 cm³/mol. The molecule has 1 unspecified atom stereocenters. The van der Waals surface area contributed by atoms with E-state index in [1.807, 2.05) is 6.92 Å². The second-order valence-electron chi connectivity index (χ2n) is 2.61. The molecule has 10 heavy (non-hydrogen) atoms. The molecule has 0 saturated heterocycles. The van der Waals surface area contributed by atoms with Crippen molar-refractivity contribution in [1.29, 1.82) is 0 Å². The Morgan fingerprint density at radius 3 is 2.50 bits per heavy atom. The molecule has 0 aromatic rings. The zero-order valence-corrected chi connectivity index (χ0v) is 7.11. The zero-order valence-electron chi connectivity index (χ0n) is 5.54. The van der Waals surface area contributed by atoms with Crippen molar-refractivity contribution in [3.8, 4) is 0 Å². The zero-order chi connectivity index (χ0) is 7.83. The van der Waals surface area contributed by atoms with E-state index in [0.29, 0.717) is 6.42 Å². The Hall–Kier alpha value is -0.0900. The van der Waals surface area contributed by atoms with Gasteiger partial charge in [-0.3, -0.25) is 4.99 Å². The molecule has 0 saturated carbocycles. The van der Waals surface area contributed by atoms with E-state index in [4.69, 9.17) is 10.7 Å². The highest BCUT2D eigenvalue weighted by atomic mass is 35.7. The van der Waals surface area contributed by atoms with Gasteiger partial charge in [0, 0.05) is 16.9 Å². The van der Waals surface area contributed by atoms with Crippen LogP contribution in [0.25, 0.3) is 0 Å². The molecule has 58 valence electrons. The van der Waals surface area contributed by atoms with E-state index in [2.05, 4.69) is 4.99 Å². The third-order valence-electron chi connectivity index (χ3n) is 1.42. The lowest BCUT2D eigenvalue weighted by Crippen LogP contribution is -2.12. The summed E-state index contributed by atoms with van der Waals surface area (Å²) in [5.41, 5.74) is -0.206. The first kappa shape index (κ1) is 8.01. The van der Waals surface area contributed by atoms with Crippen molar-refractivity contribution in [2.45, 2.75) is 18.9 Å². The molecule has 1 rings (SSSR count). The normalized spacial score (nSPS) is 30.6. The van der Waals surface area contributed by atoms with Crippen molar-refractivity contribution in [1.82, 2.24) is 0 Å². The van der Waals surface area contributed by atoms with Gasteiger partial charge < -0.3 is 0 Å². The molecule has 1 aliphatic heterocycles. The highest BCUT2D eigenvalue weighted by Crippen LogP contribution is 2.24. The summed E-state index contributed by atoms with van der Waals surface area (Å²) in [6, 6.07) is 0. The molecular formula is C5H8ClNO2S. The van der Waals surface area contributed by atoms with Gasteiger partial charge in [0.2, 0.25) is 9.05 Å². The lowest BCUT2D eigenvalue weighted by atomic mass is 10.1. The number of hydrogen-bond donors (Lipinski definition) is 0. The van der Waals surface area contributed by atoms with Gasteiger partial charge in [-0.2, -0.15) is 0 Å². The van der Waals surface area contributed by atoms with Crippen LogP contribution >= 0.6 is 10.7 Å². The van der Waals surface area contributed by atoms with Crippen molar-refractivity contribution >= 4 is 25.9 Å². The molecule has 0 spiro atoms. The van der Waals surface area contributed by atoms with Crippen LogP contribution in [0.1, 0.15) is 13.3 Å². The predicted octanol–water partition coefficient (Wildman–Crippen LogP) is 0.788. The highest BCUT2D eigenvalue weighted by molar-refractivity contribution is 8.13. The second kappa shape index (κ2) is 2.20. The van der Waals surface area contributed by atoms with Crippen LogP contribution in [-0.4, -0.2) is 25.9 Å². The van der Waals surface area contributed by atoms with Crippen molar-refractivity contribution in [3.05, 3.63) is 0 Å². The van der Waals surface area contributed by atoms with Crippen molar-refractivity contribution in [2.24, 2.45) is 4.99 Å². The maximum Gasteiger partial charge on any atom is 0.232 e. The van der Waals surface area contributed by atoms with Crippen LogP contribution in [0, 0.1) is 0 Å². The summed E-state index contributed by atoms with van der Waals surface area (Å²) in [6.07, 6.45) is 2.23. The van der Waals surface area contributed by atoms with Gasteiger partial charge in [-0.15, -0.1) is 0 Å². The Morgan fingerprint density at radius 2 is 2.20 bits per heavy atom. The Balaban J connectivity index is 2.31. The maximum absolute atomic E-state index is 10.4. The van der Waals surface area contributed by atoms with Gasteiger partial charge in [0.25, 0.3) is 0 Å². The van der Waals surface area contributed by atoms with Crippen LogP contribution in [0.5, 0.6) is 0 Å². The van der Waals surface area contributed by atoms with E-state index in [1.54, 1.807) is 6.21 Å². The molecule has 5 heteroatoms. The van der Waals surface area contributed by atoms with Gasteiger partial charge in [-0.05, 0) is 13.3 Å². The average Bonchev–Trinajstić information content (AvgIpc) is 2.43. The summed E-state index contributed by atoms with van der Waals surface area (Å²) in [7, 11) is 1.66. The van der Waals surface area contributed by atoms with Crippen molar-refractivity contribution in [3.63, 3.8) is 0 Å². The van der Waals surface area contributed by atoms with E-state index >= 15 is 0 Å². The summed E-state index contributed by atoms with van der Waals surface area (Å²) < 4.78 is 20.8. The van der Waals surface area contributed by atoms with Crippen LogP contribution in [0.15, 0.2) is 4.99 Å². The van der Waals surface area contributed by atoms with Crippen LogP contribution in [0.4, 0.5) is 0 Å². The molecule has 0 aromatic carbocycles. The summed E-state index contributed by atoms with van der Waals surface area (Å²) >= 11 is 0. The smallest absolute Gasteiger partial charge is 0.232 e. The van der Waals surface area contributed by atoms with Crippen molar-refractivity contribution in [2.75, 3.05) is 5.75 Å². The average molecular weight is 182 g/mol.